The van der Waals surface area contributed by atoms with Gasteiger partial charge < -0.3 is 25.3 Å². The van der Waals surface area contributed by atoms with Crippen LogP contribution in [0.15, 0.2) is 173 Å². The first-order valence-electron chi connectivity index (χ1n) is 21.3. The molecule has 19 heteroatoms. The van der Waals surface area contributed by atoms with E-state index in [-0.39, 0.29) is 10.5 Å². The van der Waals surface area contributed by atoms with Gasteiger partial charge in [0.2, 0.25) is 20.0 Å². The Kier molecular flexibility index (Phi) is 18.2. The molecule has 0 spiro atoms. The van der Waals surface area contributed by atoms with E-state index in [0.29, 0.717) is 76.4 Å². The second kappa shape index (κ2) is 24.4. The molecule has 0 saturated heterocycles. The number of hydrogen-bond donors (Lipinski definition) is 5. The van der Waals surface area contributed by atoms with Crippen LogP contribution in [0.3, 0.4) is 0 Å². The standard InChI is InChI=1S/C22H18N2O3S.C12H11BO3.C10H9BrN2O2S.C7H5BrN2/c23-15-18-14-17(8-13-22(18)24-28(25,26)21-11-12-21)16-6-9-20(10-7-16)27-19-4-2-1-3-5-19;14-13(15)10-6-8-12(9-7-10)16-11-4-2-1-3-5-11;11-8-1-4-10(7(5-8)6-12)13-16(14,15)9-2-3-9;8-6-1-2-7(10)5(3-6)4-9/h1-10,13-14,21,24H,11-12H2;1-9,14-15H;1,4-5,9,13H,2-3H2;1-3H,10H2. The van der Waals surface area contributed by atoms with Gasteiger partial charge in [-0.3, -0.25) is 9.44 Å². The van der Waals surface area contributed by atoms with Crippen molar-refractivity contribution in [3.8, 4) is 52.3 Å². The molecule has 2 aliphatic carbocycles. The van der Waals surface area contributed by atoms with Crippen LogP contribution in [0.2, 0.25) is 0 Å². The summed E-state index contributed by atoms with van der Waals surface area (Å²) < 4.78 is 65.6. The molecule has 0 bridgehead atoms. The SMILES string of the molecule is N#Cc1cc(-c2ccc(Oc3ccccc3)cc2)ccc1NS(=O)(=O)C1CC1.N#Cc1cc(Br)ccc1N.N#Cc1cc(Br)ccc1NS(=O)(=O)C1CC1.OB(O)c1ccc(Oc2ccccc2)cc1. The number of nitriles is 3. The van der Waals surface area contributed by atoms with Crippen molar-refractivity contribution in [1.29, 1.82) is 15.8 Å². The molecule has 2 saturated carbocycles. The Bertz CT molecular complexity index is 3260. The van der Waals surface area contributed by atoms with E-state index in [1.807, 2.05) is 97.1 Å². The van der Waals surface area contributed by atoms with Crippen LogP contribution < -0.4 is 30.1 Å². The predicted octanol–water partition coefficient (Wildman–Crippen LogP) is 10.2. The highest BCUT2D eigenvalue weighted by molar-refractivity contribution is 9.10. The van der Waals surface area contributed by atoms with E-state index in [1.165, 1.54) is 0 Å². The summed E-state index contributed by atoms with van der Waals surface area (Å²) in [5, 5.41) is 44.0. The molecule has 70 heavy (non-hydrogen) atoms. The third-order valence-electron chi connectivity index (χ3n) is 10.1. The lowest BCUT2D eigenvalue weighted by Crippen LogP contribution is -2.29. The minimum atomic E-state index is -3.40. The first kappa shape index (κ1) is 52.2. The minimum absolute atomic E-state index is 0.289. The van der Waals surface area contributed by atoms with Crippen molar-refractivity contribution in [3.63, 3.8) is 0 Å². The van der Waals surface area contributed by atoms with Crippen molar-refractivity contribution < 1.29 is 36.4 Å². The zero-order valence-corrected chi connectivity index (χ0v) is 41.8. The highest BCUT2D eigenvalue weighted by Crippen LogP contribution is 2.34. The minimum Gasteiger partial charge on any atom is -0.457 e. The Balaban J connectivity index is 0.000000164. The molecule has 2 aliphatic rings. The van der Waals surface area contributed by atoms with Crippen LogP contribution in [-0.4, -0.2) is 44.5 Å². The Morgan fingerprint density at radius 3 is 1.33 bits per heavy atom. The van der Waals surface area contributed by atoms with Crippen molar-refractivity contribution in [3.05, 3.63) is 189 Å². The van der Waals surface area contributed by atoms with Crippen LogP contribution in [0.4, 0.5) is 17.1 Å². The fourth-order valence-corrected chi connectivity index (χ4v) is 9.67. The summed E-state index contributed by atoms with van der Waals surface area (Å²) in [6, 6.07) is 54.3. The highest BCUT2D eigenvalue weighted by atomic mass is 79.9. The Hall–Kier alpha value is -7.15. The fourth-order valence-electron chi connectivity index (χ4n) is 6.13. The number of rotatable bonds is 12. The lowest BCUT2D eigenvalue weighted by Gasteiger charge is -2.11. The fraction of sp³-hybridized carbons (Fsp3) is 0.118. The van der Waals surface area contributed by atoms with E-state index in [4.69, 9.17) is 35.8 Å². The second-order valence-electron chi connectivity index (χ2n) is 15.5. The summed E-state index contributed by atoms with van der Waals surface area (Å²) in [5.41, 5.74) is 9.95. The molecule has 0 atom stereocenters. The topological polar surface area (TPSA) is 249 Å². The lowest BCUT2D eigenvalue weighted by molar-refractivity contribution is 0.425. The number of nitrogen functional groups attached to an aromatic ring is 1. The maximum atomic E-state index is 12.1. The number of sulfonamides is 2. The number of benzene rings is 7. The third-order valence-corrected chi connectivity index (χ3v) is 14.8. The van der Waals surface area contributed by atoms with E-state index in [0.717, 1.165) is 31.6 Å². The molecular weight excluding hydrogens is 1060 g/mol. The van der Waals surface area contributed by atoms with Gasteiger partial charge in [0.05, 0.1) is 38.6 Å². The smallest absolute Gasteiger partial charge is 0.457 e. The van der Waals surface area contributed by atoms with Crippen molar-refractivity contribution >= 4 is 81.5 Å². The van der Waals surface area contributed by atoms with Crippen molar-refractivity contribution in [2.45, 2.75) is 36.2 Å². The number of nitrogens with zero attached hydrogens (tertiary/aromatic N) is 3. The average molecular weight is 1100 g/mol. The predicted molar refractivity (Wildman–Crippen MR) is 279 cm³/mol. The van der Waals surface area contributed by atoms with E-state index in [1.54, 1.807) is 78.9 Å². The summed E-state index contributed by atoms with van der Waals surface area (Å²) in [4.78, 5) is 0. The molecule has 0 amide bonds. The number of halogens is 2. The maximum Gasteiger partial charge on any atom is 0.488 e. The molecule has 354 valence electrons. The Morgan fingerprint density at radius 2 is 0.900 bits per heavy atom. The van der Waals surface area contributed by atoms with Crippen LogP contribution in [-0.2, 0) is 20.0 Å². The first-order valence-corrected chi connectivity index (χ1v) is 26.0. The lowest BCUT2D eigenvalue weighted by atomic mass is 9.80. The van der Waals surface area contributed by atoms with Gasteiger partial charge in [-0.15, -0.1) is 0 Å². The van der Waals surface area contributed by atoms with Gasteiger partial charge in [0.1, 0.15) is 41.2 Å². The molecule has 7 aromatic rings. The van der Waals surface area contributed by atoms with Gasteiger partial charge in [0, 0.05) is 14.6 Å². The highest BCUT2D eigenvalue weighted by Gasteiger charge is 2.37. The van der Waals surface area contributed by atoms with E-state index < -0.39 is 27.2 Å². The molecule has 0 radical (unpaired) electrons. The van der Waals surface area contributed by atoms with Crippen molar-refractivity contribution in [2.24, 2.45) is 0 Å². The van der Waals surface area contributed by atoms with Crippen molar-refractivity contribution in [2.75, 3.05) is 15.2 Å². The molecule has 0 aromatic heterocycles. The van der Waals surface area contributed by atoms with Crippen LogP contribution in [0.5, 0.6) is 23.0 Å². The zero-order valence-electron chi connectivity index (χ0n) is 37.0. The Labute approximate surface area is 424 Å². The summed E-state index contributed by atoms with van der Waals surface area (Å²) in [6.45, 7) is 0. The van der Waals surface area contributed by atoms with Crippen LogP contribution in [0.25, 0.3) is 11.1 Å². The normalized spacial score (nSPS) is 12.5. The van der Waals surface area contributed by atoms with Gasteiger partial charge in [-0.2, -0.15) is 15.8 Å². The number of para-hydroxylation sites is 2. The molecule has 7 aromatic carbocycles. The van der Waals surface area contributed by atoms with E-state index >= 15 is 0 Å². The van der Waals surface area contributed by atoms with E-state index in [9.17, 15) is 22.1 Å². The third kappa shape index (κ3) is 15.7. The van der Waals surface area contributed by atoms with E-state index in [2.05, 4.69) is 47.4 Å². The molecule has 9 rings (SSSR count). The van der Waals surface area contributed by atoms with Gasteiger partial charge in [0.15, 0.2) is 0 Å². The van der Waals surface area contributed by atoms with Gasteiger partial charge in [-0.05, 0) is 139 Å². The number of ether oxygens (including phenoxy) is 2. The van der Waals surface area contributed by atoms with Gasteiger partial charge in [-0.25, -0.2) is 16.8 Å². The maximum absolute atomic E-state index is 12.1. The largest absolute Gasteiger partial charge is 0.488 e. The number of nitrogens with one attached hydrogen (secondary N) is 2. The van der Waals surface area contributed by atoms with Gasteiger partial charge in [-0.1, -0.05) is 98.6 Å². The van der Waals surface area contributed by atoms with Gasteiger partial charge >= 0.3 is 7.12 Å². The molecule has 0 unspecified atom stereocenters. The number of hydrogen-bond acceptors (Lipinski definition) is 12. The summed E-state index contributed by atoms with van der Waals surface area (Å²) in [5.74, 6) is 2.88. The summed E-state index contributed by atoms with van der Waals surface area (Å²) >= 11 is 6.46. The quantitative estimate of drug-likeness (QED) is 0.0566. The van der Waals surface area contributed by atoms with Gasteiger partial charge in [0.25, 0.3) is 0 Å². The second-order valence-corrected chi connectivity index (χ2v) is 21.3. The zero-order chi connectivity index (χ0) is 50.3. The molecule has 6 N–H and O–H groups in total. The number of anilines is 3. The molecule has 0 aliphatic heterocycles. The molecule has 0 heterocycles. The molecular formula is C51H43BBr2N6O8S2. The Morgan fingerprint density at radius 1 is 0.514 bits per heavy atom. The monoisotopic (exact) mass is 1100 g/mol. The van der Waals surface area contributed by atoms with Crippen LogP contribution in [0.1, 0.15) is 42.4 Å². The number of nitrogens with two attached hydrogens (primary N) is 1. The van der Waals surface area contributed by atoms with Crippen LogP contribution in [0, 0.1) is 34.0 Å². The summed E-state index contributed by atoms with van der Waals surface area (Å²) in [6.07, 6.45) is 2.75. The average Bonchev–Trinajstić information content (AvgIpc) is 4.29. The molecule has 14 nitrogen and oxygen atoms in total. The van der Waals surface area contributed by atoms with Crippen molar-refractivity contribution in [1.82, 2.24) is 0 Å². The summed E-state index contributed by atoms with van der Waals surface area (Å²) in [7, 11) is -8.14. The first-order chi connectivity index (χ1) is 33.6. The van der Waals surface area contributed by atoms with Crippen LogP contribution >= 0.6 is 31.9 Å². The molecule has 2 fully saturated rings.